The Morgan fingerprint density at radius 3 is 2.68 bits per heavy atom. The van der Waals surface area contributed by atoms with E-state index in [-0.39, 0.29) is 36.0 Å². The van der Waals surface area contributed by atoms with Gasteiger partial charge in [-0.15, -0.1) is 24.0 Å². The maximum absolute atomic E-state index is 11.4. The van der Waals surface area contributed by atoms with E-state index >= 15 is 0 Å². The number of likely N-dealkylation sites (tertiary alicyclic amines) is 1. The maximum Gasteiger partial charge on any atom is 0.219 e. The van der Waals surface area contributed by atoms with Gasteiger partial charge in [-0.25, -0.2) is 4.98 Å². The van der Waals surface area contributed by atoms with Crippen LogP contribution >= 0.6 is 24.0 Å². The van der Waals surface area contributed by atoms with E-state index in [0.29, 0.717) is 5.88 Å². The number of aliphatic imine (C=N–C) groups is 1. The molecule has 1 atom stereocenters. The van der Waals surface area contributed by atoms with Crippen LogP contribution in [0.5, 0.6) is 5.88 Å². The zero-order valence-electron chi connectivity index (χ0n) is 16.7. The lowest BCUT2D eigenvalue weighted by atomic mass is 10.3. The van der Waals surface area contributed by atoms with Gasteiger partial charge in [-0.05, 0) is 6.07 Å². The van der Waals surface area contributed by atoms with Crippen molar-refractivity contribution in [1.82, 2.24) is 25.0 Å². The predicted octanol–water partition coefficient (Wildman–Crippen LogP) is 0.892. The van der Waals surface area contributed by atoms with Crippen molar-refractivity contribution in [3.63, 3.8) is 0 Å². The number of carbonyl (C=O) groups is 1. The Labute approximate surface area is 184 Å². The van der Waals surface area contributed by atoms with Crippen molar-refractivity contribution in [2.45, 2.75) is 19.4 Å². The zero-order valence-corrected chi connectivity index (χ0v) is 19.0. The number of guanidine groups is 1. The first kappa shape index (κ1) is 22.7. The van der Waals surface area contributed by atoms with E-state index in [1.807, 2.05) is 30.1 Å². The van der Waals surface area contributed by atoms with Crippen LogP contribution in [-0.2, 0) is 4.79 Å². The van der Waals surface area contributed by atoms with Gasteiger partial charge in [-0.3, -0.25) is 14.7 Å². The fourth-order valence-electron chi connectivity index (χ4n) is 3.55. The van der Waals surface area contributed by atoms with Gasteiger partial charge >= 0.3 is 0 Å². The molecule has 0 bridgehead atoms. The molecule has 1 unspecified atom stereocenters. The van der Waals surface area contributed by atoms with Gasteiger partial charge in [0.15, 0.2) is 5.96 Å². The molecule has 0 aromatic carbocycles. The number of carbonyl (C=O) groups excluding carboxylic acids is 1. The Hall–Kier alpha value is -1.62. The van der Waals surface area contributed by atoms with Crippen LogP contribution in [0.25, 0.3) is 0 Å². The summed E-state index contributed by atoms with van der Waals surface area (Å²) in [4.78, 5) is 26.6. The minimum absolute atomic E-state index is 0. The van der Waals surface area contributed by atoms with Crippen LogP contribution in [0.4, 0.5) is 0 Å². The smallest absolute Gasteiger partial charge is 0.219 e. The molecule has 1 aromatic heterocycles. The van der Waals surface area contributed by atoms with Crippen molar-refractivity contribution in [3.05, 3.63) is 24.4 Å². The van der Waals surface area contributed by atoms with Gasteiger partial charge in [0.2, 0.25) is 11.8 Å². The third-order valence-corrected chi connectivity index (χ3v) is 5.11. The molecule has 2 saturated heterocycles. The summed E-state index contributed by atoms with van der Waals surface area (Å²) >= 11 is 0. The number of rotatable bonds is 5. The van der Waals surface area contributed by atoms with Gasteiger partial charge in [0.25, 0.3) is 0 Å². The minimum atomic E-state index is 0. The number of hydrogen-bond donors (Lipinski definition) is 1. The average Bonchev–Trinajstić information content (AvgIpc) is 3.14. The molecule has 1 N–H and O–H groups in total. The number of ether oxygens (including phenoxy) is 1. The van der Waals surface area contributed by atoms with E-state index in [4.69, 9.17) is 4.74 Å². The number of nitrogens with one attached hydrogen (secondary N) is 1. The molecule has 0 radical (unpaired) electrons. The second kappa shape index (κ2) is 11.4. The molecule has 0 saturated carbocycles. The zero-order chi connectivity index (χ0) is 19.1. The highest BCUT2D eigenvalue weighted by Gasteiger charge is 2.26. The SMILES string of the molecule is CN=C(NCCN1CCN(C(C)=O)CC1)N1CCC(Oc2ccccn2)C1.I. The molecule has 2 aliphatic rings. The molecule has 3 rings (SSSR count). The minimum Gasteiger partial charge on any atom is -0.472 e. The number of nitrogens with zero attached hydrogens (tertiary/aromatic N) is 5. The summed E-state index contributed by atoms with van der Waals surface area (Å²) < 4.78 is 5.95. The van der Waals surface area contributed by atoms with Crippen molar-refractivity contribution in [3.8, 4) is 5.88 Å². The Morgan fingerprint density at radius 2 is 2.04 bits per heavy atom. The van der Waals surface area contributed by atoms with E-state index in [9.17, 15) is 4.79 Å². The van der Waals surface area contributed by atoms with E-state index in [2.05, 4.69) is 25.1 Å². The number of aromatic nitrogens is 1. The highest BCUT2D eigenvalue weighted by molar-refractivity contribution is 14.0. The summed E-state index contributed by atoms with van der Waals surface area (Å²) in [6, 6.07) is 5.72. The van der Waals surface area contributed by atoms with E-state index in [1.54, 1.807) is 13.1 Å². The van der Waals surface area contributed by atoms with Crippen LogP contribution in [0.15, 0.2) is 29.4 Å². The molecule has 0 aliphatic carbocycles. The Kier molecular flexibility index (Phi) is 9.23. The van der Waals surface area contributed by atoms with Crippen molar-refractivity contribution in [2.75, 3.05) is 59.4 Å². The molecule has 1 amide bonds. The molecule has 8 nitrogen and oxygen atoms in total. The van der Waals surface area contributed by atoms with Crippen LogP contribution in [0.2, 0.25) is 0 Å². The molecule has 2 aliphatic heterocycles. The van der Waals surface area contributed by atoms with Crippen LogP contribution in [0, 0.1) is 0 Å². The lowest BCUT2D eigenvalue weighted by molar-refractivity contribution is -0.130. The van der Waals surface area contributed by atoms with Gasteiger partial charge in [0, 0.05) is 78.5 Å². The average molecular weight is 502 g/mol. The molecule has 1 aromatic rings. The van der Waals surface area contributed by atoms with Crippen LogP contribution in [0.3, 0.4) is 0 Å². The second-order valence-corrected chi connectivity index (χ2v) is 6.96. The predicted molar refractivity (Wildman–Crippen MR) is 120 cm³/mol. The van der Waals surface area contributed by atoms with Gasteiger partial charge in [0.1, 0.15) is 6.10 Å². The van der Waals surface area contributed by atoms with Crippen LogP contribution in [0.1, 0.15) is 13.3 Å². The molecule has 9 heteroatoms. The van der Waals surface area contributed by atoms with Crippen LogP contribution < -0.4 is 10.1 Å². The fourth-order valence-corrected chi connectivity index (χ4v) is 3.55. The summed E-state index contributed by atoms with van der Waals surface area (Å²) in [5.74, 6) is 1.77. The van der Waals surface area contributed by atoms with Gasteiger partial charge in [-0.1, -0.05) is 6.07 Å². The quantitative estimate of drug-likeness (QED) is 0.367. The Balaban J connectivity index is 0.00000280. The molecular formula is C19H31IN6O2. The summed E-state index contributed by atoms with van der Waals surface area (Å²) in [6.45, 7) is 8.68. The van der Waals surface area contributed by atoms with Gasteiger partial charge in [0.05, 0.1) is 6.54 Å². The van der Waals surface area contributed by atoms with E-state index in [1.165, 1.54) is 0 Å². The maximum atomic E-state index is 11.4. The molecule has 28 heavy (non-hydrogen) atoms. The van der Waals surface area contributed by atoms with E-state index in [0.717, 1.165) is 64.7 Å². The van der Waals surface area contributed by atoms with Crippen LogP contribution in [-0.4, -0.2) is 97.1 Å². The number of hydrogen-bond acceptors (Lipinski definition) is 5. The third-order valence-electron chi connectivity index (χ3n) is 5.11. The van der Waals surface area contributed by atoms with Gasteiger partial charge in [-0.2, -0.15) is 0 Å². The lowest BCUT2D eigenvalue weighted by Gasteiger charge is -2.34. The number of halogens is 1. The first-order valence-corrected chi connectivity index (χ1v) is 9.67. The van der Waals surface area contributed by atoms with Gasteiger partial charge < -0.3 is 19.9 Å². The molecule has 156 valence electrons. The number of piperazine rings is 1. The second-order valence-electron chi connectivity index (χ2n) is 6.96. The first-order chi connectivity index (χ1) is 13.2. The highest BCUT2D eigenvalue weighted by Crippen LogP contribution is 2.16. The van der Waals surface area contributed by atoms with Crippen molar-refractivity contribution in [1.29, 1.82) is 0 Å². The first-order valence-electron chi connectivity index (χ1n) is 9.67. The molecule has 0 spiro atoms. The fraction of sp³-hybridized carbons (Fsp3) is 0.632. The Bertz CT molecular complexity index is 637. The monoisotopic (exact) mass is 502 g/mol. The standard InChI is InChI=1S/C19H30N6O2.HI/c1-16(26)24-13-11-23(12-14-24)10-8-22-19(20-2)25-9-6-17(15-25)27-18-5-3-4-7-21-18;/h3-5,7,17H,6,8-15H2,1-2H3,(H,20,22);1H. The van der Waals surface area contributed by atoms with Crippen molar-refractivity contribution >= 4 is 35.8 Å². The van der Waals surface area contributed by atoms with Crippen molar-refractivity contribution in [2.24, 2.45) is 4.99 Å². The molecule has 3 heterocycles. The highest BCUT2D eigenvalue weighted by atomic mass is 127. The van der Waals surface area contributed by atoms with E-state index < -0.39 is 0 Å². The topological polar surface area (TPSA) is 73.3 Å². The third kappa shape index (κ3) is 6.47. The number of amides is 1. The summed E-state index contributed by atoms with van der Waals surface area (Å²) in [5.41, 5.74) is 0. The molecule has 2 fully saturated rings. The normalized spacial score (nSPS) is 20.6. The summed E-state index contributed by atoms with van der Waals surface area (Å²) in [5, 5.41) is 3.46. The van der Waals surface area contributed by atoms with Crippen molar-refractivity contribution < 1.29 is 9.53 Å². The summed E-state index contributed by atoms with van der Waals surface area (Å²) in [7, 11) is 1.82. The summed E-state index contributed by atoms with van der Waals surface area (Å²) in [6.07, 6.45) is 2.85. The lowest BCUT2D eigenvalue weighted by Crippen LogP contribution is -2.50. The number of pyridine rings is 1. The molecular weight excluding hydrogens is 471 g/mol. The largest absolute Gasteiger partial charge is 0.472 e. The Morgan fingerprint density at radius 1 is 1.25 bits per heavy atom.